The van der Waals surface area contributed by atoms with Gasteiger partial charge in [-0.25, -0.2) is 5.84 Å². The van der Waals surface area contributed by atoms with E-state index in [2.05, 4.69) is 10.4 Å². The van der Waals surface area contributed by atoms with E-state index in [1.165, 1.54) is 0 Å². The normalized spacial score (nSPS) is 11.1. The van der Waals surface area contributed by atoms with Crippen molar-refractivity contribution in [2.75, 3.05) is 27.9 Å². The molecule has 0 unspecified atom stereocenters. The van der Waals surface area contributed by atoms with Crippen LogP contribution in [0.15, 0.2) is 17.1 Å². The second-order valence-corrected chi connectivity index (χ2v) is 3.35. The first-order valence-electron chi connectivity index (χ1n) is 5.53. The summed E-state index contributed by atoms with van der Waals surface area (Å²) in [6.07, 6.45) is 0. The smallest absolute Gasteiger partial charge is 0.204 e. The maximum atomic E-state index is 5.47. The third-order valence-corrected chi connectivity index (χ3v) is 2.41. The fraction of sp³-hybridized carbons (Fsp3) is 0.417. The quantitative estimate of drug-likeness (QED) is 0.353. The molecule has 18 heavy (non-hydrogen) atoms. The van der Waals surface area contributed by atoms with Crippen LogP contribution in [-0.4, -0.2) is 33.7 Å². The van der Waals surface area contributed by atoms with Gasteiger partial charge < -0.3 is 19.6 Å². The largest absolute Gasteiger partial charge is 0.493 e. The van der Waals surface area contributed by atoms with Crippen LogP contribution in [0, 0.1) is 0 Å². The van der Waals surface area contributed by atoms with E-state index < -0.39 is 0 Å². The molecule has 0 spiro atoms. The summed E-state index contributed by atoms with van der Waals surface area (Å²) in [5.74, 6) is 7.63. The molecule has 0 aliphatic carbocycles. The van der Waals surface area contributed by atoms with Crippen LogP contribution in [0.25, 0.3) is 0 Å². The molecule has 0 atom stereocenters. The second kappa shape index (κ2) is 6.70. The first kappa shape index (κ1) is 14.1. The van der Waals surface area contributed by atoms with Crippen molar-refractivity contribution in [2.24, 2.45) is 10.8 Å². The topological polar surface area (TPSA) is 78.1 Å². The fourth-order valence-corrected chi connectivity index (χ4v) is 1.65. The van der Waals surface area contributed by atoms with E-state index in [1.54, 1.807) is 27.4 Å². The highest BCUT2D eigenvalue weighted by atomic mass is 16.5. The highest BCUT2D eigenvalue weighted by Crippen LogP contribution is 2.39. The number of aliphatic imine (C=N–C) groups is 1. The molecule has 0 bridgehead atoms. The maximum Gasteiger partial charge on any atom is 0.204 e. The van der Waals surface area contributed by atoms with E-state index in [1.807, 2.05) is 13.0 Å². The van der Waals surface area contributed by atoms with E-state index >= 15 is 0 Å². The Morgan fingerprint density at radius 2 is 1.83 bits per heavy atom. The van der Waals surface area contributed by atoms with Crippen LogP contribution in [0.5, 0.6) is 17.2 Å². The van der Waals surface area contributed by atoms with E-state index in [-0.39, 0.29) is 0 Å². The number of hydrogen-bond acceptors (Lipinski definition) is 5. The Labute approximate surface area is 107 Å². The minimum absolute atomic E-state index is 0.511. The first-order valence-corrected chi connectivity index (χ1v) is 5.53. The van der Waals surface area contributed by atoms with Crippen molar-refractivity contribution in [3.63, 3.8) is 0 Å². The lowest BCUT2D eigenvalue weighted by molar-refractivity contribution is 0.324. The monoisotopic (exact) mass is 253 g/mol. The van der Waals surface area contributed by atoms with Crippen molar-refractivity contribution in [2.45, 2.75) is 6.92 Å². The van der Waals surface area contributed by atoms with Crippen molar-refractivity contribution in [1.82, 2.24) is 5.43 Å². The fourth-order valence-electron chi connectivity index (χ4n) is 1.65. The highest BCUT2D eigenvalue weighted by molar-refractivity contribution is 6.02. The summed E-state index contributed by atoms with van der Waals surface area (Å²) >= 11 is 0. The molecule has 0 radical (unpaired) electrons. The number of ether oxygens (including phenoxy) is 3. The number of hydrogen-bond donors (Lipinski definition) is 2. The van der Waals surface area contributed by atoms with Crippen LogP contribution in [0.1, 0.15) is 12.5 Å². The molecule has 0 amide bonds. The molecule has 6 heteroatoms. The van der Waals surface area contributed by atoms with Crippen LogP contribution < -0.4 is 25.5 Å². The Balaban J connectivity index is 3.41. The van der Waals surface area contributed by atoms with Crippen molar-refractivity contribution >= 4 is 5.84 Å². The van der Waals surface area contributed by atoms with Gasteiger partial charge >= 0.3 is 0 Å². The molecule has 0 aromatic heterocycles. The van der Waals surface area contributed by atoms with Crippen LogP contribution in [0.2, 0.25) is 0 Å². The van der Waals surface area contributed by atoms with Crippen molar-refractivity contribution in [1.29, 1.82) is 0 Å². The van der Waals surface area contributed by atoms with Gasteiger partial charge in [0.25, 0.3) is 0 Å². The lowest BCUT2D eigenvalue weighted by atomic mass is 10.1. The molecule has 0 aliphatic rings. The minimum Gasteiger partial charge on any atom is -0.493 e. The number of nitrogens with zero attached hydrogens (tertiary/aromatic N) is 1. The van der Waals surface area contributed by atoms with Crippen molar-refractivity contribution in [3.8, 4) is 17.2 Å². The van der Waals surface area contributed by atoms with Crippen molar-refractivity contribution < 1.29 is 14.2 Å². The van der Waals surface area contributed by atoms with Crippen LogP contribution in [0.3, 0.4) is 0 Å². The Kier molecular flexibility index (Phi) is 5.26. The Hall–Kier alpha value is -1.95. The number of rotatable bonds is 5. The first-order chi connectivity index (χ1) is 8.73. The second-order valence-electron chi connectivity index (χ2n) is 3.35. The van der Waals surface area contributed by atoms with Gasteiger partial charge in [-0.1, -0.05) is 0 Å². The molecule has 6 nitrogen and oxygen atoms in total. The van der Waals surface area contributed by atoms with Gasteiger partial charge in [-0.2, -0.15) is 0 Å². The molecular weight excluding hydrogens is 234 g/mol. The molecule has 1 aromatic carbocycles. The van der Waals surface area contributed by atoms with Gasteiger partial charge in [0.2, 0.25) is 5.75 Å². The predicted molar refractivity (Wildman–Crippen MR) is 70.5 cm³/mol. The van der Waals surface area contributed by atoms with E-state index in [4.69, 9.17) is 20.1 Å². The Bertz CT molecular complexity index is 433. The maximum absolute atomic E-state index is 5.47. The minimum atomic E-state index is 0.511. The van der Waals surface area contributed by atoms with Crippen molar-refractivity contribution in [3.05, 3.63) is 17.7 Å². The lowest BCUT2D eigenvalue weighted by Crippen LogP contribution is -2.31. The zero-order chi connectivity index (χ0) is 13.5. The van der Waals surface area contributed by atoms with Gasteiger partial charge in [0, 0.05) is 6.54 Å². The third-order valence-electron chi connectivity index (χ3n) is 2.41. The van der Waals surface area contributed by atoms with Crippen LogP contribution in [-0.2, 0) is 0 Å². The molecule has 0 saturated carbocycles. The molecule has 0 aliphatic heterocycles. The molecule has 3 N–H and O–H groups in total. The molecule has 1 rings (SSSR count). The van der Waals surface area contributed by atoms with Gasteiger partial charge in [0.1, 0.15) is 5.84 Å². The molecule has 0 saturated heterocycles. The standard InChI is InChI=1S/C12H19N3O3/c1-5-14-12(15-13)8-6-7-9(16-2)11(18-4)10(8)17-3/h6-7H,5,13H2,1-4H3,(H,14,15). The van der Waals surface area contributed by atoms with Gasteiger partial charge in [0.05, 0.1) is 26.9 Å². The Morgan fingerprint density at radius 1 is 1.17 bits per heavy atom. The summed E-state index contributed by atoms with van der Waals surface area (Å²) in [5.41, 5.74) is 3.28. The summed E-state index contributed by atoms with van der Waals surface area (Å²) in [6, 6.07) is 3.59. The summed E-state index contributed by atoms with van der Waals surface area (Å²) in [6.45, 7) is 2.53. The van der Waals surface area contributed by atoms with E-state index in [9.17, 15) is 0 Å². The zero-order valence-electron chi connectivity index (χ0n) is 11.1. The number of methoxy groups -OCH3 is 3. The van der Waals surface area contributed by atoms with E-state index in [0.29, 0.717) is 29.6 Å². The number of amidine groups is 1. The lowest BCUT2D eigenvalue weighted by Gasteiger charge is -2.16. The molecule has 0 fully saturated rings. The van der Waals surface area contributed by atoms with E-state index in [0.717, 1.165) is 5.56 Å². The van der Waals surface area contributed by atoms with Crippen LogP contribution in [0.4, 0.5) is 0 Å². The summed E-state index contributed by atoms with van der Waals surface area (Å²) in [5, 5.41) is 0. The van der Waals surface area contributed by atoms with Crippen LogP contribution >= 0.6 is 0 Å². The third kappa shape index (κ3) is 2.65. The number of nitrogens with two attached hydrogens (primary N) is 1. The van der Waals surface area contributed by atoms with Gasteiger partial charge in [-0.05, 0) is 19.1 Å². The van der Waals surface area contributed by atoms with Gasteiger partial charge in [-0.3, -0.25) is 4.99 Å². The molecule has 1 aromatic rings. The number of nitrogens with one attached hydrogen (secondary N) is 1. The average Bonchev–Trinajstić information content (AvgIpc) is 2.42. The highest BCUT2D eigenvalue weighted by Gasteiger charge is 2.18. The number of hydrazine groups is 1. The van der Waals surface area contributed by atoms with Gasteiger partial charge in [-0.15, -0.1) is 0 Å². The zero-order valence-corrected chi connectivity index (χ0v) is 11.1. The Morgan fingerprint density at radius 3 is 2.28 bits per heavy atom. The number of benzene rings is 1. The molecule has 100 valence electrons. The molecule has 0 heterocycles. The summed E-state index contributed by atoms with van der Waals surface area (Å²) in [7, 11) is 4.68. The van der Waals surface area contributed by atoms with Gasteiger partial charge in [0.15, 0.2) is 11.5 Å². The SMILES string of the molecule is CCN=C(NN)c1ccc(OC)c(OC)c1OC. The summed E-state index contributed by atoms with van der Waals surface area (Å²) < 4.78 is 15.9. The predicted octanol–water partition coefficient (Wildman–Crippen LogP) is 0.942. The summed E-state index contributed by atoms with van der Waals surface area (Å²) in [4.78, 5) is 4.26. The average molecular weight is 253 g/mol. The molecular formula is C12H19N3O3.